The number of hydrogen-bond acceptors (Lipinski definition) is 3. The summed E-state index contributed by atoms with van der Waals surface area (Å²) in [6.07, 6.45) is 7.72. The maximum absolute atomic E-state index is 12.6. The van der Waals surface area contributed by atoms with Gasteiger partial charge in [0.25, 0.3) is 5.91 Å². The van der Waals surface area contributed by atoms with Gasteiger partial charge in [-0.25, -0.2) is 4.98 Å². The van der Waals surface area contributed by atoms with E-state index in [0.29, 0.717) is 22.4 Å². The molecule has 2 aromatic rings. The molecule has 0 spiro atoms. The Bertz CT molecular complexity index is 834. The minimum Gasteiger partial charge on any atom is -0.352 e. The first-order valence-corrected chi connectivity index (χ1v) is 10.3. The van der Waals surface area contributed by atoms with E-state index in [0.717, 1.165) is 40.9 Å². The lowest BCUT2D eigenvalue weighted by atomic mass is 9.85. The van der Waals surface area contributed by atoms with Crippen LogP contribution in [0.15, 0.2) is 34.9 Å². The summed E-state index contributed by atoms with van der Waals surface area (Å²) >= 11 is 9.51. The van der Waals surface area contributed by atoms with Crippen LogP contribution in [0.3, 0.4) is 0 Å². The van der Waals surface area contributed by atoms with Gasteiger partial charge in [-0.2, -0.15) is 0 Å². The first-order valence-electron chi connectivity index (χ1n) is 9.10. The van der Waals surface area contributed by atoms with Gasteiger partial charge in [-0.3, -0.25) is 4.79 Å². The molecule has 2 fully saturated rings. The van der Waals surface area contributed by atoms with Crippen LogP contribution >= 0.6 is 27.5 Å². The van der Waals surface area contributed by atoms with Gasteiger partial charge in [0.05, 0.1) is 11.3 Å². The number of aromatic nitrogens is 1. The summed E-state index contributed by atoms with van der Waals surface area (Å²) in [4.78, 5) is 17.1. The van der Waals surface area contributed by atoms with Gasteiger partial charge in [0.1, 0.15) is 5.82 Å². The van der Waals surface area contributed by atoms with Crippen molar-refractivity contribution in [3.05, 3.63) is 51.1 Å². The van der Waals surface area contributed by atoms with Gasteiger partial charge in [-0.05, 0) is 83.3 Å². The number of carbonyl (C=O) groups excluding carboxylic acids is 1. The molecule has 6 heteroatoms. The summed E-state index contributed by atoms with van der Waals surface area (Å²) in [5, 5.41) is 7.07. The van der Waals surface area contributed by atoms with Gasteiger partial charge >= 0.3 is 0 Å². The molecule has 0 atom stereocenters. The number of pyridine rings is 1. The monoisotopic (exact) mass is 433 g/mol. The quantitative estimate of drug-likeness (QED) is 0.618. The van der Waals surface area contributed by atoms with Gasteiger partial charge in [0.2, 0.25) is 0 Å². The number of carbonyl (C=O) groups is 1. The number of nitrogens with zero attached hydrogens (tertiary/aromatic N) is 1. The predicted molar refractivity (Wildman–Crippen MR) is 108 cm³/mol. The fourth-order valence-corrected chi connectivity index (χ4v) is 4.00. The summed E-state index contributed by atoms with van der Waals surface area (Å²) in [5.41, 5.74) is 2.71. The van der Waals surface area contributed by atoms with Crippen molar-refractivity contribution in [2.45, 2.75) is 38.0 Å². The van der Waals surface area contributed by atoms with E-state index in [1.165, 1.54) is 19.3 Å². The predicted octanol–water partition coefficient (Wildman–Crippen LogP) is 5.65. The summed E-state index contributed by atoms with van der Waals surface area (Å²) in [7, 11) is 0. The third-order valence-electron chi connectivity index (χ3n) is 5.17. The van der Waals surface area contributed by atoms with E-state index in [4.69, 9.17) is 11.6 Å². The van der Waals surface area contributed by atoms with Gasteiger partial charge in [0, 0.05) is 22.2 Å². The molecule has 0 aliphatic heterocycles. The number of anilines is 2. The second kappa shape index (κ2) is 7.57. The highest BCUT2D eigenvalue weighted by molar-refractivity contribution is 9.10. The largest absolute Gasteiger partial charge is 0.352 e. The maximum Gasteiger partial charge on any atom is 0.253 e. The molecule has 2 saturated carbocycles. The highest BCUT2D eigenvalue weighted by Gasteiger charge is 2.29. The maximum atomic E-state index is 12.6. The Balaban J connectivity index is 1.52. The Morgan fingerprint density at radius 3 is 2.69 bits per heavy atom. The Morgan fingerprint density at radius 1 is 1.23 bits per heavy atom. The van der Waals surface area contributed by atoms with Crippen LogP contribution in [0.25, 0.3) is 0 Å². The van der Waals surface area contributed by atoms with Crippen molar-refractivity contribution in [3.8, 4) is 0 Å². The van der Waals surface area contributed by atoms with E-state index in [-0.39, 0.29) is 5.91 Å². The summed E-state index contributed by atoms with van der Waals surface area (Å²) in [5.74, 6) is 1.87. The molecule has 26 heavy (non-hydrogen) atoms. The van der Waals surface area contributed by atoms with Crippen molar-refractivity contribution in [2.24, 2.45) is 5.92 Å². The average Bonchev–Trinajstić information content (AvgIpc) is 3.41. The normalized spacial score (nSPS) is 16.8. The van der Waals surface area contributed by atoms with Crippen LogP contribution in [0.5, 0.6) is 0 Å². The van der Waals surface area contributed by atoms with E-state index >= 15 is 0 Å². The zero-order chi connectivity index (χ0) is 18.1. The van der Waals surface area contributed by atoms with Crippen LogP contribution in [0.4, 0.5) is 11.5 Å². The molecule has 4 nitrogen and oxygen atoms in total. The van der Waals surface area contributed by atoms with Crippen LogP contribution in [-0.4, -0.2) is 17.4 Å². The van der Waals surface area contributed by atoms with Gasteiger partial charge in [-0.15, -0.1) is 0 Å². The molecule has 1 heterocycles. The van der Waals surface area contributed by atoms with Crippen molar-refractivity contribution in [1.82, 2.24) is 10.3 Å². The first-order chi connectivity index (χ1) is 12.6. The molecule has 1 aromatic carbocycles. The second-order valence-electron chi connectivity index (χ2n) is 7.19. The third-order valence-corrected chi connectivity index (χ3v) is 6.06. The molecule has 0 radical (unpaired) electrons. The molecule has 0 bridgehead atoms. The van der Waals surface area contributed by atoms with Gasteiger partial charge < -0.3 is 10.6 Å². The van der Waals surface area contributed by atoms with Crippen LogP contribution in [0.2, 0.25) is 5.02 Å². The highest BCUT2D eigenvalue weighted by atomic mass is 79.9. The van der Waals surface area contributed by atoms with Crippen molar-refractivity contribution in [3.63, 3.8) is 0 Å². The van der Waals surface area contributed by atoms with Gasteiger partial charge in [0.15, 0.2) is 0 Å². The molecule has 0 unspecified atom stereocenters. The number of benzene rings is 1. The van der Waals surface area contributed by atoms with Crippen LogP contribution in [0.1, 0.15) is 53.9 Å². The molecule has 2 N–H and O–H groups in total. The number of amides is 1. The number of halogens is 2. The molecule has 136 valence electrons. The lowest BCUT2D eigenvalue weighted by Crippen LogP contribution is -2.32. The molecule has 2 aliphatic carbocycles. The fraction of sp³-hybridized carbons (Fsp3) is 0.400. The van der Waals surface area contributed by atoms with E-state index < -0.39 is 0 Å². The molecule has 2 aliphatic rings. The SMILES string of the molecule is O=C(NCC1CCC1)c1cnc(Nc2ccc(Cl)cc2Br)cc1C1CC1. The molecule has 0 saturated heterocycles. The summed E-state index contributed by atoms with van der Waals surface area (Å²) in [6.45, 7) is 0.778. The van der Waals surface area contributed by atoms with Crippen molar-refractivity contribution >= 4 is 44.9 Å². The average molecular weight is 435 g/mol. The molecular formula is C20H21BrClN3O. The Labute approximate surface area is 166 Å². The van der Waals surface area contributed by atoms with E-state index in [9.17, 15) is 4.79 Å². The second-order valence-corrected chi connectivity index (χ2v) is 8.48. The number of hydrogen-bond donors (Lipinski definition) is 2. The zero-order valence-electron chi connectivity index (χ0n) is 14.4. The highest BCUT2D eigenvalue weighted by Crippen LogP contribution is 2.42. The van der Waals surface area contributed by atoms with Crippen LogP contribution in [0, 0.1) is 5.92 Å². The Morgan fingerprint density at radius 2 is 2.04 bits per heavy atom. The molecule has 1 aromatic heterocycles. The van der Waals surface area contributed by atoms with Crippen molar-refractivity contribution in [1.29, 1.82) is 0 Å². The summed E-state index contributed by atoms with van der Waals surface area (Å²) in [6, 6.07) is 7.59. The lowest BCUT2D eigenvalue weighted by molar-refractivity contribution is 0.0937. The minimum absolute atomic E-state index is 0.00511. The molecule has 4 rings (SSSR count). The van der Waals surface area contributed by atoms with E-state index in [1.54, 1.807) is 6.20 Å². The van der Waals surface area contributed by atoms with E-state index in [1.807, 2.05) is 24.3 Å². The van der Waals surface area contributed by atoms with Crippen LogP contribution < -0.4 is 10.6 Å². The Kier molecular flexibility index (Phi) is 5.18. The van der Waals surface area contributed by atoms with Crippen molar-refractivity contribution < 1.29 is 4.79 Å². The van der Waals surface area contributed by atoms with E-state index in [2.05, 4.69) is 31.5 Å². The Hall–Kier alpha value is -1.59. The van der Waals surface area contributed by atoms with Gasteiger partial charge in [-0.1, -0.05) is 18.0 Å². The topological polar surface area (TPSA) is 54.0 Å². The summed E-state index contributed by atoms with van der Waals surface area (Å²) < 4.78 is 0.877. The molecular weight excluding hydrogens is 414 g/mol. The van der Waals surface area contributed by atoms with Crippen LogP contribution in [-0.2, 0) is 0 Å². The molecule has 1 amide bonds. The van der Waals surface area contributed by atoms with Crippen molar-refractivity contribution in [2.75, 3.05) is 11.9 Å². The fourth-order valence-electron chi connectivity index (χ4n) is 3.22. The third kappa shape index (κ3) is 4.04. The standard InChI is InChI=1S/C20H21BrClN3O/c21-17-8-14(22)6-7-18(17)25-19-9-15(13-4-5-13)16(11-23-19)20(26)24-10-12-2-1-3-12/h6-9,11-13H,1-5,10H2,(H,23,25)(H,24,26). The number of rotatable bonds is 6. The zero-order valence-corrected chi connectivity index (χ0v) is 16.7. The minimum atomic E-state index is 0.00511. The lowest BCUT2D eigenvalue weighted by Gasteiger charge is -2.25. The number of nitrogens with one attached hydrogen (secondary N) is 2. The smallest absolute Gasteiger partial charge is 0.253 e. The first kappa shape index (κ1) is 17.8.